The first-order valence-corrected chi connectivity index (χ1v) is 5.34. The molecule has 0 aliphatic rings. The fourth-order valence-electron chi connectivity index (χ4n) is 0.543. The van der Waals surface area contributed by atoms with E-state index in [1.807, 2.05) is 13.8 Å². The second kappa shape index (κ2) is 4.40. The Hall–Kier alpha value is -0.123. The molecule has 0 saturated heterocycles. The molecule has 0 aliphatic carbocycles. The van der Waals surface area contributed by atoms with Crippen molar-refractivity contribution in [1.29, 1.82) is 0 Å². The Morgan fingerprint density at radius 1 is 1.31 bits per heavy atom. The first-order chi connectivity index (χ1) is 5.69. The average Bonchev–Trinajstić information content (AvgIpc) is 1.98. The monoisotopic (exact) mass is 200 g/mol. The van der Waals surface area contributed by atoms with E-state index in [1.54, 1.807) is 0 Å². The molecule has 0 spiro atoms. The lowest BCUT2D eigenvalue weighted by atomic mass is 10.0. The van der Waals surface area contributed by atoms with Gasteiger partial charge in [0.15, 0.2) is 0 Å². The summed E-state index contributed by atoms with van der Waals surface area (Å²) in [6.45, 7) is 14.0. The van der Waals surface area contributed by atoms with Crippen molar-refractivity contribution in [3.8, 4) is 0 Å². The molecule has 3 heteroatoms. The van der Waals surface area contributed by atoms with Crippen LogP contribution in [-0.2, 0) is 4.43 Å². The maximum absolute atomic E-state index is 8.92. The van der Waals surface area contributed by atoms with Gasteiger partial charge in [-0.15, -0.1) is 0 Å². The molecule has 0 heterocycles. The zero-order chi connectivity index (χ0) is 10.7. The molecular weight excluding hydrogens is 180 g/mol. The van der Waals surface area contributed by atoms with Crippen molar-refractivity contribution in [3.05, 3.63) is 12.2 Å². The van der Waals surface area contributed by atoms with Crippen LogP contribution in [0.2, 0.25) is 5.04 Å². The van der Waals surface area contributed by atoms with E-state index < -0.39 is 5.60 Å². The molecule has 0 unspecified atom stereocenters. The van der Waals surface area contributed by atoms with Crippen LogP contribution < -0.4 is 0 Å². The largest absolute Gasteiger partial charge is 0.408 e. The molecule has 0 bridgehead atoms. The molecule has 0 fully saturated rings. The van der Waals surface area contributed by atoms with Crippen LogP contribution in [0.1, 0.15) is 34.6 Å². The van der Waals surface area contributed by atoms with Gasteiger partial charge in [-0.05, 0) is 24.5 Å². The Morgan fingerprint density at radius 2 is 1.77 bits per heavy atom. The van der Waals surface area contributed by atoms with Crippen molar-refractivity contribution in [2.45, 2.75) is 45.3 Å². The van der Waals surface area contributed by atoms with E-state index in [2.05, 4.69) is 27.4 Å². The lowest BCUT2D eigenvalue weighted by molar-refractivity contribution is 0.132. The van der Waals surface area contributed by atoms with Gasteiger partial charge in [0.2, 0.25) is 9.76 Å². The van der Waals surface area contributed by atoms with E-state index in [4.69, 9.17) is 9.53 Å². The molecule has 1 N–H and O–H groups in total. The van der Waals surface area contributed by atoms with Gasteiger partial charge in [-0.25, -0.2) is 0 Å². The van der Waals surface area contributed by atoms with Gasteiger partial charge in [-0.2, -0.15) is 0 Å². The minimum Gasteiger partial charge on any atom is -0.408 e. The number of hydrogen-bond donors (Lipinski definition) is 1. The van der Waals surface area contributed by atoms with Crippen molar-refractivity contribution in [2.75, 3.05) is 6.61 Å². The van der Waals surface area contributed by atoms with Crippen LogP contribution in [0.3, 0.4) is 0 Å². The maximum Gasteiger partial charge on any atom is 0.236 e. The van der Waals surface area contributed by atoms with Gasteiger partial charge in [0, 0.05) is 0 Å². The molecule has 0 aromatic carbocycles. The van der Waals surface area contributed by atoms with Gasteiger partial charge in [-0.1, -0.05) is 27.4 Å². The third-order valence-electron chi connectivity index (χ3n) is 1.65. The predicted octanol–water partition coefficient (Wildman–Crippen LogP) is 2.17. The Balaban J connectivity index is 4.11. The normalized spacial score (nSPS) is 13.1. The van der Waals surface area contributed by atoms with Gasteiger partial charge in [0.05, 0.1) is 12.2 Å². The molecule has 0 saturated carbocycles. The van der Waals surface area contributed by atoms with Crippen LogP contribution in [0.5, 0.6) is 0 Å². The van der Waals surface area contributed by atoms with Crippen molar-refractivity contribution in [3.63, 3.8) is 0 Å². The third kappa shape index (κ3) is 5.24. The Morgan fingerprint density at radius 3 is 2.08 bits per heavy atom. The highest BCUT2D eigenvalue weighted by Gasteiger charge is 2.25. The van der Waals surface area contributed by atoms with Crippen LogP contribution in [0.4, 0.5) is 0 Å². The van der Waals surface area contributed by atoms with Crippen LogP contribution in [0, 0.1) is 0 Å². The number of rotatable bonds is 4. The molecule has 76 valence electrons. The summed E-state index contributed by atoms with van der Waals surface area (Å²) in [6, 6.07) is 0. The summed E-state index contributed by atoms with van der Waals surface area (Å²) in [5, 5.41) is 9.10. The standard InChI is InChI=1S/C10H20O2Si/c1-8(7-11)10(5,6)12-13-9(2,3)4/h11H,1,7H2,2-6H3. The fourth-order valence-corrected chi connectivity index (χ4v) is 1.25. The van der Waals surface area contributed by atoms with E-state index in [0.29, 0.717) is 9.76 Å². The highest BCUT2D eigenvalue weighted by atomic mass is 28.2. The molecule has 0 aliphatic heterocycles. The van der Waals surface area contributed by atoms with Crippen molar-refractivity contribution >= 4 is 9.76 Å². The Labute approximate surface area is 83.9 Å². The Kier molecular flexibility index (Phi) is 4.36. The zero-order valence-corrected chi connectivity index (χ0v) is 10.3. The smallest absolute Gasteiger partial charge is 0.236 e. The van der Waals surface area contributed by atoms with Crippen LogP contribution in [0.25, 0.3) is 0 Å². The minimum atomic E-state index is -0.416. The molecule has 0 amide bonds. The third-order valence-corrected chi connectivity index (χ3v) is 2.88. The summed E-state index contributed by atoms with van der Waals surface area (Å²) < 4.78 is 5.71. The van der Waals surface area contributed by atoms with E-state index in [-0.39, 0.29) is 11.6 Å². The number of aliphatic hydroxyl groups is 1. The van der Waals surface area contributed by atoms with Gasteiger partial charge >= 0.3 is 0 Å². The molecule has 2 nitrogen and oxygen atoms in total. The lowest BCUT2D eigenvalue weighted by Gasteiger charge is -2.30. The molecule has 0 aromatic heterocycles. The van der Waals surface area contributed by atoms with Crippen LogP contribution >= 0.6 is 0 Å². The highest BCUT2D eigenvalue weighted by molar-refractivity contribution is 6.31. The molecule has 2 radical (unpaired) electrons. The second-order valence-corrected chi connectivity index (χ2v) is 6.63. The fraction of sp³-hybridized carbons (Fsp3) is 0.800. The van der Waals surface area contributed by atoms with Crippen molar-refractivity contribution in [1.82, 2.24) is 0 Å². The minimum absolute atomic E-state index is 0.0123. The molecular formula is C10H20O2Si. The molecule has 13 heavy (non-hydrogen) atoms. The lowest BCUT2D eigenvalue weighted by Crippen LogP contribution is -2.32. The van der Waals surface area contributed by atoms with E-state index in [9.17, 15) is 0 Å². The maximum atomic E-state index is 8.92. The summed E-state index contributed by atoms with van der Waals surface area (Å²) in [7, 11) is 0.417. The molecule has 0 aromatic rings. The second-order valence-electron chi connectivity index (χ2n) is 4.73. The van der Waals surface area contributed by atoms with Crippen molar-refractivity contribution < 1.29 is 9.53 Å². The summed E-state index contributed by atoms with van der Waals surface area (Å²) in [5.41, 5.74) is 0.310. The highest BCUT2D eigenvalue weighted by Crippen LogP contribution is 2.26. The SMILES string of the molecule is C=C(CO)C(C)(C)O[Si]C(C)(C)C. The average molecular weight is 200 g/mol. The van der Waals surface area contributed by atoms with Crippen LogP contribution in [-0.4, -0.2) is 27.1 Å². The Bertz CT molecular complexity index is 180. The number of hydrogen-bond acceptors (Lipinski definition) is 2. The van der Waals surface area contributed by atoms with E-state index >= 15 is 0 Å². The van der Waals surface area contributed by atoms with Gasteiger partial charge in [0.25, 0.3) is 0 Å². The van der Waals surface area contributed by atoms with Crippen LogP contribution in [0.15, 0.2) is 12.2 Å². The first-order valence-electron chi connectivity index (χ1n) is 4.43. The quantitative estimate of drug-likeness (QED) is 0.557. The summed E-state index contributed by atoms with van der Waals surface area (Å²) >= 11 is 0. The topological polar surface area (TPSA) is 29.5 Å². The summed E-state index contributed by atoms with van der Waals surface area (Å²) in [5.74, 6) is 0. The number of aliphatic hydroxyl groups excluding tert-OH is 1. The van der Waals surface area contributed by atoms with E-state index in [1.165, 1.54) is 0 Å². The van der Waals surface area contributed by atoms with Crippen molar-refractivity contribution in [2.24, 2.45) is 0 Å². The molecule has 0 atom stereocenters. The summed E-state index contributed by atoms with van der Waals surface area (Å²) in [4.78, 5) is 0. The van der Waals surface area contributed by atoms with E-state index in [0.717, 1.165) is 5.57 Å². The van der Waals surface area contributed by atoms with Gasteiger partial charge in [-0.3, -0.25) is 0 Å². The summed E-state index contributed by atoms with van der Waals surface area (Å²) in [6.07, 6.45) is 0. The predicted molar refractivity (Wildman–Crippen MR) is 56.9 cm³/mol. The molecule has 0 rings (SSSR count). The van der Waals surface area contributed by atoms with Gasteiger partial charge < -0.3 is 9.53 Å². The zero-order valence-electron chi connectivity index (χ0n) is 9.27. The van der Waals surface area contributed by atoms with Gasteiger partial charge in [0.1, 0.15) is 0 Å². The first kappa shape index (κ1) is 12.9.